The van der Waals surface area contributed by atoms with Crippen LogP contribution in [0.15, 0.2) is 18.2 Å². The molecular formula is C12H11ClN2O3. The van der Waals surface area contributed by atoms with E-state index in [1.165, 1.54) is 18.2 Å². The summed E-state index contributed by atoms with van der Waals surface area (Å²) >= 11 is 5.71. The summed E-state index contributed by atoms with van der Waals surface area (Å²) in [4.78, 5) is 21.7. The highest BCUT2D eigenvalue weighted by Crippen LogP contribution is 2.24. The van der Waals surface area contributed by atoms with Crippen molar-refractivity contribution in [3.63, 3.8) is 0 Å². The van der Waals surface area contributed by atoms with Gasteiger partial charge < -0.3 is 5.32 Å². The van der Waals surface area contributed by atoms with E-state index in [0.717, 1.165) is 0 Å². The number of nitro groups is 1. The van der Waals surface area contributed by atoms with E-state index in [0.29, 0.717) is 6.42 Å². The first-order chi connectivity index (χ1) is 8.49. The molecule has 0 fully saturated rings. The number of terminal acetylenes is 1. The Labute approximate surface area is 109 Å². The summed E-state index contributed by atoms with van der Waals surface area (Å²) in [5, 5.41) is 13.1. The number of halogens is 1. The standard InChI is InChI=1S/C12H11ClN2O3/c1-3-9(4-2)14-12(16)8-5-6-11(15(17)18)10(13)7-8/h1,5-7,9H,4H2,2H3,(H,14,16). The van der Waals surface area contributed by atoms with Gasteiger partial charge in [0.1, 0.15) is 5.02 Å². The van der Waals surface area contributed by atoms with E-state index in [4.69, 9.17) is 18.0 Å². The lowest BCUT2D eigenvalue weighted by Gasteiger charge is -2.10. The minimum Gasteiger partial charge on any atom is -0.338 e. The molecule has 1 amide bonds. The van der Waals surface area contributed by atoms with Crippen molar-refractivity contribution in [1.29, 1.82) is 0 Å². The number of hydrogen-bond acceptors (Lipinski definition) is 3. The van der Waals surface area contributed by atoms with E-state index in [1.54, 1.807) is 0 Å². The Kier molecular flexibility index (Phi) is 4.69. The molecule has 0 aliphatic heterocycles. The van der Waals surface area contributed by atoms with Crippen LogP contribution in [0.5, 0.6) is 0 Å². The first kappa shape index (κ1) is 14.0. The topological polar surface area (TPSA) is 72.2 Å². The van der Waals surface area contributed by atoms with Crippen LogP contribution in [0.4, 0.5) is 5.69 Å². The Morgan fingerprint density at radius 2 is 2.33 bits per heavy atom. The second-order valence-corrected chi connectivity index (χ2v) is 3.93. The first-order valence-corrected chi connectivity index (χ1v) is 5.58. The minimum absolute atomic E-state index is 0.0820. The van der Waals surface area contributed by atoms with Gasteiger partial charge in [-0.2, -0.15) is 0 Å². The fourth-order valence-corrected chi connectivity index (χ4v) is 1.55. The van der Waals surface area contributed by atoms with Crippen molar-refractivity contribution in [1.82, 2.24) is 5.32 Å². The number of nitrogens with zero attached hydrogens (tertiary/aromatic N) is 1. The smallest absolute Gasteiger partial charge is 0.287 e. The summed E-state index contributed by atoms with van der Waals surface area (Å²) < 4.78 is 0. The van der Waals surface area contributed by atoms with Gasteiger partial charge in [0.2, 0.25) is 0 Å². The molecule has 0 saturated carbocycles. The predicted molar refractivity (Wildman–Crippen MR) is 68.5 cm³/mol. The number of carbonyl (C=O) groups excluding carboxylic acids is 1. The zero-order valence-electron chi connectivity index (χ0n) is 9.64. The average Bonchev–Trinajstić information content (AvgIpc) is 2.34. The van der Waals surface area contributed by atoms with Crippen LogP contribution in [0.2, 0.25) is 5.02 Å². The number of rotatable bonds is 4. The Balaban J connectivity index is 2.92. The maximum absolute atomic E-state index is 11.8. The molecule has 0 bridgehead atoms. The van der Waals surface area contributed by atoms with Crippen molar-refractivity contribution < 1.29 is 9.72 Å². The predicted octanol–water partition coefficient (Wildman–Crippen LogP) is 2.39. The van der Waals surface area contributed by atoms with Crippen LogP contribution in [0, 0.1) is 22.5 Å². The molecule has 1 atom stereocenters. The van der Waals surface area contributed by atoms with Crippen LogP contribution in [0.25, 0.3) is 0 Å². The van der Waals surface area contributed by atoms with Crippen LogP contribution in [-0.4, -0.2) is 16.9 Å². The van der Waals surface area contributed by atoms with Crippen LogP contribution < -0.4 is 5.32 Å². The third-order valence-electron chi connectivity index (χ3n) is 2.32. The molecule has 0 aliphatic rings. The van der Waals surface area contributed by atoms with Gasteiger partial charge in [0, 0.05) is 11.6 Å². The first-order valence-electron chi connectivity index (χ1n) is 5.20. The van der Waals surface area contributed by atoms with E-state index in [1.807, 2.05) is 6.92 Å². The minimum atomic E-state index is -0.611. The van der Waals surface area contributed by atoms with Crippen LogP contribution >= 0.6 is 11.6 Å². The van der Waals surface area contributed by atoms with Crippen molar-refractivity contribution >= 4 is 23.2 Å². The monoisotopic (exact) mass is 266 g/mol. The Hall–Kier alpha value is -2.06. The van der Waals surface area contributed by atoms with Gasteiger partial charge in [0.05, 0.1) is 11.0 Å². The van der Waals surface area contributed by atoms with Gasteiger partial charge in [-0.15, -0.1) is 6.42 Å². The second-order valence-electron chi connectivity index (χ2n) is 3.52. The van der Waals surface area contributed by atoms with E-state index < -0.39 is 10.8 Å². The van der Waals surface area contributed by atoms with Crippen molar-refractivity contribution in [2.75, 3.05) is 0 Å². The summed E-state index contributed by atoms with van der Waals surface area (Å²) in [6.07, 6.45) is 5.82. The molecule has 0 heterocycles. The Bertz CT molecular complexity index is 523. The lowest BCUT2D eigenvalue weighted by atomic mass is 10.1. The largest absolute Gasteiger partial charge is 0.338 e. The molecule has 1 N–H and O–H groups in total. The van der Waals surface area contributed by atoms with Crippen LogP contribution in [0.1, 0.15) is 23.7 Å². The van der Waals surface area contributed by atoms with Crippen molar-refractivity contribution in [3.8, 4) is 12.3 Å². The molecule has 1 aromatic carbocycles. The highest BCUT2D eigenvalue weighted by Gasteiger charge is 2.16. The molecule has 0 saturated heterocycles. The fraction of sp³-hybridized carbons (Fsp3) is 0.250. The normalized spacial score (nSPS) is 11.4. The summed E-state index contributed by atoms with van der Waals surface area (Å²) in [6.45, 7) is 1.84. The van der Waals surface area contributed by atoms with Gasteiger partial charge >= 0.3 is 0 Å². The Morgan fingerprint density at radius 3 is 2.78 bits per heavy atom. The maximum Gasteiger partial charge on any atom is 0.287 e. The molecular weight excluding hydrogens is 256 g/mol. The van der Waals surface area contributed by atoms with Gasteiger partial charge in [-0.1, -0.05) is 24.4 Å². The van der Waals surface area contributed by atoms with Gasteiger partial charge in [-0.3, -0.25) is 14.9 Å². The van der Waals surface area contributed by atoms with Crippen molar-refractivity contribution in [2.24, 2.45) is 0 Å². The van der Waals surface area contributed by atoms with Crippen LogP contribution in [0.3, 0.4) is 0 Å². The summed E-state index contributed by atoms with van der Waals surface area (Å²) in [5.74, 6) is 2.02. The molecule has 1 aromatic rings. The number of nitro benzene ring substituents is 1. The molecule has 0 spiro atoms. The quantitative estimate of drug-likeness (QED) is 0.517. The summed E-state index contributed by atoms with van der Waals surface area (Å²) in [7, 11) is 0. The molecule has 6 heteroatoms. The summed E-state index contributed by atoms with van der Waals surface area (Å²) in [5.41, 5.74) is -0.00323. The van der Waals surface area contributed by atoms with Crippen molar-refractivity contribution in [3.05, 3.63) is 38.9 Å². The Morgan fingerprint density at radius 1 is 1.67 bits per heavy atom. The lowest BCUT2D eigenvalue weighted by molar-refractivity contribution is -0.384. The zero-order valence-corrected chi connectivity index (χ0v) is 10.4. The molecule has 5 nitrogen and oxygen atoms in total. The number of nitrogens with one attached hydrogen (secondary N) is 1. The molecule has 1 rings (SSSR count). The van der Waals surface area contributed by atoms with Gasteiger partial charge in [0.15, 0.2) is 0 Å². The van der Waals surface area contributed by atoms with E-state index in [-0.39, 0.29) is 22.3 Å². The van der Waals surface area contributed by atoms with E-state index in [9.17, 15) is 14.9 Å². The van der Waals surface area contributed by atoms with Gasteiger partial charge in [0.25, 0.3) is 11.6 Å². The third kappa shape index (κ3) is 3.22. The molecule has 94 valence electrons. The molecule has 18 heavy (non-hydrogen) atoms. The van der Waals surface area contributed by atoms with E-state index >= 15 is 0 Å². The second kappa shape index (κ2) is 6.03. The highest BCUT2D eigenvalue weighted by molar-refractivity contribution is 6.33. The van der Waals surface area contributed by atoms with Gasteiger partial charge in [-0.05, 0) is 18.6 Å². The number of benzene rings is 1. The lowest BCUT2D eigenvalue weighted by Crippen LogP contribution is -2.33. The van der Waals surface area contributed by atoms with Crippen molar-refractivity contribution in [2.45, 2.75) is 19.4 Å². The maximum atomic E-state index is 11.8. The number of hydrogen-bond donors (Lipinski definition) is 1. The highest BCUT2D eigenvalue weighted by atomic mass is 35.5. The number of carbonyl (C=O) groups is 1. The van der Waals surface area contributed by atoms with E-state index in [2.05, 4.69) is 11.2 Å². The zero-order chi connectivity index (χ0) is 13.7. The molecule has 0 aliphatic carbocycles. The van der Waals surface area contributed by atoms with Gasteiger partial charge in [-0.25, -0.2) is 0 Å². The third-order valence-corrected chi connectivity index (χ3v) is 2.62. The molecule has 0 aromatic heterocycles. The van der Waals surface area contributed by atoms with Crippen LogP contribution in [-0.2, 0) is 0 Å². The fourth-order valence-electron chi connectivity index (χ4n) is 1.30. The average molecular weight is 267 g/mol. The summed E-state index contributed by atoms with van der Waals surface area (Å²) in [6, 6.07) is 3.40. The molecule has 1 unspecified atom stereocenters. The number of amides is 1. The SMILES string of the molecule is C#CC(CC)NC(=O)c1ccc([N+](=O)[O-])c(Cl)c1. The molecule has 0 radical (unpaired) electrons.